The van der Waals surface area contributed by atoms with Crippen LogP contribution in [0.2, 0.25) is 10.0 Å². The monoisotopic (exact) mass is 583 g/mol. The topological polar surface area (TPSA) is 98.9 Å². The van der Waals surface area contributed by atoms with Crippen LogP contribution in [0, 0.1) is 5.82 Å². The van der Waals surface area contributed by atoms with Gasteiger partial charge in [-0.1, -0.05) is 46.6 Å². The first-order valence-electron chi connectivity index (χ1n) is 12.4. The maximum atomic E-state index is 14.9. The number of hydrogen-bond acceptors (Lipinski definition) is 7. The molecule has 2 aromatic carbocycles. The zero-order chi connectivity index (χ0) is 27.1. The minimum absolute atomic E-state index is 0.141. The number of halogens is 3. The van der Waals surface area contributed by atoms with E-state index < -0.39 is 21.5 Å². The number of aliphatic hydroxyl groups is 1. The molecule has 0 aliphatic heterocycles. The van der Waals surface area contributed by atoms with Crippen LogP contribution >= 0.6 is 23.2 Å². The van der Waals surface area contributed by atoms with Crippen molar-refractivity contribution >= 4 is 33.3 Å². The van der Waals surface area contributed by atoms with Gasteiger partial charge in [0.2, 0.25) is 0 Å². The van der Waals surface area contributed by atoms with E-state index in [1.165, 1.54) is 12.1 Å². The normalized spacial score (nSPS) is 22.1. The van der Waals surface area contributed by atoms with Crippen molar-refractivity contribution in [3.8, 4) is 11.3 Å². The standard InChI is InChI=1S/C27H28Cl2FNO6S/c1-38(33,34)36-14-16-5-8-20(23(30)13-16)27(32)11-9-18(10-12-27)35-15-19-25(31-37-26(19)17-6-7-17)24-21(28)3-2-4-22(24)29/h2-5,8,13,17-18,32H,6-7,9-12,14-15H2,1H3/t18-,27+. The fourth-order valence-electron chi connectivity index (χ4n) is 4.96. The van der Waals surface area contributed by atoms with Crippen molar-refractivity contribution in [2.75, 3.05) is 6.26 Å². The largest absolute Gasteiger partial charge is 0.385 e. The quantitative estimate of drug-likeness (QED) is 0.287. The third kappa shape index (κ3) is 6.08. The average molecular weight is 584 g/mol. The fraction of sp³-hybridized carbons (Fsp3) is 0.444. The Kier molecular flexibility index (Phi) is 7.88. The Balaban J connectivity index is 1.26. The first-order chi connectivity index (χ1) is 18.0. The van der Waals surface area contributed by atoms with Crippen molar-refractivity contribution in [3.05, 3.63) is 74.7 Å². The second-order valence-electron chi connectivity index (χ2n) is 10.1. The zero-order valence-corrected chi connectivity index (χ0v) is 23.1. The third-order valence-corrected chi connectivity index (χ3v) is 8.34. The summed E-state index contributed by atoms with van der Waals surface area (Å²) in [6.45, 7) is -0.00378. The van der Waals surface area contributed by atoms with Gasteiger partial charge in [-0.15, -0.1) is 0 Å². The Bertz CT molecular complexity index is 1410. The SMILES string of the molecule is CS(=O)(=O)OCc1ccc([C@]2(O)CC[C@@H](OCc3c(-c4c(Cl)cccc4Cl)noc3C3CC3)CC2)c(F)c1. The summed E-state index contributed by atoms with van der Waals surface area (Å²) in [5.41, 5.74) is 1.24. The van der Waals surface area contributed by atoms with Crippen molar-refractivity contribution < 1.29 is 31.4 Å². The molecule has 0 radical (unpaired) electrons. The highest BCUT2D eigenvalue weighted by Gasteiger charge is 2.38. The summed E-state index contributed by atoms with van der Waals surface area (Å²) in [6.07, 6.45) is 4.54. The van der Waals surface area contributed by atoms with E-state index in [4.69, 9.17) is 36.6 Å². The molecule has 204 valence electrons. The van der Waals surface area contributed by atoms with Gasteiger partial charge in [0.15, 0.2) is 0 Å². The van der Waals surface area contributed by atoms with Gasteiger partial charge >= 0.3 is 0 Å². The maximum Gasteiger partial charge on any atom is 0.264 e. The number of rotatable bonds is 9. The van der Waals surface area contributed by atoms with E-state index in [0.717, 1.165) is 30.4 Å². The van der Waals surface area contributed by atoms with Crippen molar-refractivity contribution in [2.24, 2.45) is 0 Å². The van der Waals surface area contributed by atoms with Gasteiger partial charge in [0.05, 0.1) is 41.2 Å². The Morgan fingerprint density at radius 3 is 2.39 bits per heavy atom. The van der Waals surface area contributed by atoms with E-state index in [1.807, 2.05) is 0 Å². The van der Waals surface area contributed by atoms with Crippen LogP contribution in [0.25, 0.3) is 11.3 Å². The van der Waals surface area contributed by atoms with Gasteiger partial charge in [0.25, 0.3) is 10.1 Å². The van der Waals surface area contributed by atoms with Crippen molar-refractivity contribution in [1.82, 2.24) is 5.16 Å². The lowest BCUT2D eigenvalue weighted by atomic mass is 9.78. The van der Waals surface area contributed by atoms with Crippen LogP contribution in [-0.2, 0) is 37.9 Å². The fourth-order valence-corrected chi connectivity index (χ4v) is 5.88. The van der Waals surface area contributed by atoms with Crippen LogP contribution in [0.3, 0.4) is 0 Å². The molecule has 3 aromatic rings. The number of nitrogens with zero attached hydrogens (tertiary/aromatic N) is 1. The third-order valence-electron chi connectivity index (χ3n) is 7.16. The molecule has 0 spiro atoms. The minimum Gasteiger partial charge on any atom is -0.385 e. The lowest BCUT2D eigenvalue weighted by Gasteiger charge is -2.36. The Hall–Kier alpha value is -2.01. The van der Waals surface area contributed by atoms with Crippen molar-refractivity contribution in [1.29, 1.82) is 0 Å². The molecular weight excluding hydrogens is 556 g/mol. The highest BCUT2D eigenvalue weighted by molar-refractivity contribution is 7.85. The summed E-state index contributed by atoms with van der Waals surface area (Å²) in [4.78, 5) is 0. The first-order valence-corrected chi connectivity index (χ1v) is 15.0. The molecule has 1 heterocycles. The van der Waals surface area contributed by atoms with Gasteiger partial charge in [-0.25, -0.2) is 4.39 Å². The van der Waals surface area contributed by atoms with Gasteiger partial charge in [0.1, 0.15) is 17.3 Å². The smallest absolute Gasteiger partial charge is 0.264 e. The summed E-state index contributed by atoms with van der Waals surface area (Å²) >= 11 is 12.9. The van der Waals surface area contributed by atoms with Crippen LogP contribution in [0.15, 0.2) is 40.9 Å². The van der Waals surface area contributed by atoms with Crippen molar-refractivity contribution in [3.63, 3.8) is 0 Å². The molecule has 2 fully saturated rings. The van der Waals surface area contributed by atoms with E-state index >= 15 is 0 Å². The molecule has 38 heavy (non-hydrogen) atoms. The summed E-state index contributed by atoms with van der Waals surface area (Å²) in [7, 11) is -3.64. The summed E-state index contributed by atoms with van der Waals surface area (Å²) in [5.74, 6) is 0.507. The molecule has 0 saturated heterocycles. The Labute approximate surface area is 231 Å². The lowest BCUT2D eigenvalue weighted by molar-refractivity contribution is -0.0656. The second-order valence-corrected chi connectivity index (χ2v) is 12.5. The minimum atomic E-state index is -3.64. The molecule has 0 bridgehead atoms. The zero-order valence-electron chi connectivity index (χ0n) is 20.8. The van der Waals surface area contributed by atoms with Crippen LogP contribution in [-0.4, -0.2) is 31.0 Å². The molecular formula is C27H28Cl2FNO6S. The van der Waals surface area contributed by atoms with Crippen LogP contribution in [0.5, 0.6) is 0 Å². The van der Waals surface area contributed by atoms with Gasteiger partial charge in [0, 0.05) is 22.6 Å². The summed E-state index contributed by atoms with van der Waals surface area (Å²) in [6, 6.07) is 9.55. The van der Waals surface area contributed by atoms with Crippen LogP contribution < -0.4 is 0 Å². The second kappa shape index (κ2) is 10.9. The van der Waals surface area contributed by atoms with Crippen LogP contribution in [0.1, 0.15) is 66.9 Å². The number of hydrogen-bond donors (Lipinski definition) is 1. The molecule has 2 aliphatic carbocycles. The molecule has 1 aromatic heterocycles. The predicted molar refractivity (Wildman–Crippen MR) is 141 cm³/mol. The molecule has 0 amide bonds. The van der Waals surface area contributed by atoms with Gasteiger partial charge in [-0.05, 0) is 62.3 Å². The molecule has 0 unspecified atom stereocenters. The molecule has 7 nitrogen and oxygen atoms in total. The van der Waals surface area contributed by atoms with Crippen LogP contribution in [0.4, 0.5) is 4.39 Å². The first kappa shape index (κ1) is 27.6. The molecule has 1 N–H and O–H groups in total. The highest BCUT2D eigenvalue weighted by atomic mass is 35.5. The summed E-state index contributed by atoms with van der Waals surface area (Å²) in [5, 5.41) is 16.5. The van der Waals surface area contributed by atoms with Crippen molar-refractivity contribution in [2.45, 2.75) is 69.4 Å². The van der Waals surface area contributed by atoms with Gasteiger partial charge < -0.3 is 14.4 Å². The molecule has 2 aliphatic rings. The molecule has 0 atom stereocenters. The molecule has 2 saturated carbocycles. The predicted octanol–water partition coefficient (Wildman–Crippen LogP) is 6.49. The van der Waals surface area contributed by atoms with Gasteiger partial charge in [-0.3, -0.25) is 4.18 Å². The molecule has 11 heteroatoms. The van der Waals surface area contributed by atoms with E-state index in [2.05, 4.69) is 5.16 Å². The Morgan fingerprint density at radius 1 is 1.11 bits per heavy atom. The van der Waals surface area contributed by atoms with Gasteiger partial charge in [-0.2, -0.15) is 8.42 Å². The van der Waals surface area contributed by atoms with E-state index in [9.17, 15) is 17.9 Å². The van der Waals surface area contributed by atoms with E-state index in [1.54, 1.807) is 24.3 Å². The number of ether oxygens (including phenoxy) is 1. The Morgan fingerprint density at radius 2 is 1.79 bits per heavy atom. The average Bonchev–Trinajstić information content (AvgIpc) is 3.62. The number of benzene rings is 2. The lowest BCUT2D eigenvalue weighted by Crippen LogP contribution is -2.35. The maximum absolute atomic E-state index is 14.9. The van der Waals surface area contributed by atoms with E-state index in [-0.39, 0.29) is 24.9 Å². The number of aromatic nitrogens is 1. The highest BCUT2D eigenvalue weighted by Crippen LogP contribution is 2.46. The molecule has 5 rings (SSSR count). The summed E-state index contributed by atoms with van der Waals surface area (Å²) < 4.78 is 54.0. The van der Waals surface area contributed by atoms with E-state index in [0.29, 0.717) is 58.5 Å².